The van der Waals surface area contributed by atoms with Crippen LogP contribution in [-0.2, 0) is 6.61 Å². The lowest BCUT2D eigenvalue weighted by Gasteiger charge is -2.07. The highest BCUT2D eigenvalue weighted by molar-refractivity contribution is 6.30. The molecule has 0 radical (unpaired) electrons. The van der Waals surface area contributed by atoms with Crippen molar-refractivity contribution >= 4 is 23.1 Å². The summed E-state index contributed by atoms with van der Waals surface area (Å²) in [6.45, 7) is 7.39. The third kappa shape index (κ3) is 2.80. The van der Waals surface area contributed by atoms with Crippen molar-refractivity contribution in [1.29, 1.82) is 0 Å². The molecule has 1 aromatic heterocycles. The van der Waals surface area contributed by atoms with Gasteiger partial charge in [-0.25, -0.2) is 4.85 Å². The Morgan fingerprint density at radius 3 is 2.57 bits per heavy atom. The first kappa shape index (κ1) is 15.2. The first-order valence-electron chi connectivity index (χ1n) is 6.98. The van der Waals surface area contributed by atoms with E-state index in [-0.39, 0.29) is 6.61 Å². The third-order valence-electron chi connectivity index (χ3n) is 3.65. The maximum Gasteiger partial charge on any atom is 0.235 e. The van der Waals surface area contributed by atoms with Gasteiger partial charge in [0.25, 0.3) is 0 Å². The summed E-state index contributed by atoms with van der Waals surface area (Å²) in [6, 6.07) is 14.7. The van der Waals surface area contributed by atoms with Gasteiger partial charge in [0.05, 0.1) is 13.2 Å². The number of benzene rings is 2. The van der Waals surface area contributed by atoms with Crippen LogP contribution >= 0.6 is 11.6 Å². The van der Waals surface area contributed by atoms with Crippen molar-refractivity contribution in [3.8, 4) is 16.8 Å². The predicted octanol–water partition coefficient (Wildman–Crippen LogP) is 4.42. The topological polar surface area (TPSA) is 55.5 Å². The van der Waals surface area contributed by atoms with E-state index in [0.717, 1.165) is 22.4 Å². The van der Waals surface area contributed by atoms with E-state index in [1.54, 1.807) is 16.7 Å². The van der Waals surface area contributed by atoms with Crippen LogP contribution in [0.4, 0.5) is 11.5 Å². The Balaban J connectivity index is 2.17. The normalized spacial score (nSPS) is 10.5. The molecule has 0 bridgehead atoms. The minimum absolute atomic E-state index is 0.0469. The number of hydrogen-bond donors (Lipinski definition) is 2. The molecule has 0 fully saturated rings. The molecule has 0 spiro atoms. The Morgan fingerprint density at radius 2 is 1.91 bits per heavy atom. The molecular formula is C18H14ClN3O. The van der Waals surface area contributed by atoms with Gasteiger partial charge in [0.2, 0.25) is 5.69 Å². The fourth-order valence-electron chi connectivity index (χ4n) is 2.49. The van der Waals surface area contributed by atoms with Gasteiger partial charge in [0, 0.05) is 22.5 Å². The number of halogens is 1. The molecule has 3 N–H and O–H groups in total. The van der Waals surface area contributed by atoms with Gasteiger partial charge in [-0.2, -0.15) is 0 Å². The molecule has 5 heteroatoms. The molecule has 0 unspecified atom stereocenters. The van der Waals surface area contributed by atoms with Crippen molar-refractivity contribution in [2.75, 3.05) is 5.73 Å². The summed E-state index contributed by atoms with van der Waals surface area (Å²) in [7, 11) is 0. The number of nitrogens with zero attached hydrogens (tertiary/aromatic N) is 2. The lowest BCUT2D eigenvalue weighted by Crippen LogP contribution is -1.99. The zero-order valence-corrected chi connectivity index (χ0v) is 13.0. The van der Waals surface area contributed by atoms with Gasteiger partial charge in [0.1, 0.15) is 5.82 Å². The van der Waals surface area contributed by atoms with Crippen LogP contribution in [-0.4, -0.2) is 9.67 Å². The summed E-state index contributed by atoms with van der Waals surface area (Å²) in [6.07, 6.45) is 1.84. The van der Waals surface area contributed by atoms with Crippen molar-refractivity contribution in [3.05, 3.63) is 76.7 Å². The molecule has 23 heavy (non-hydrogen) atoms. The molecule has 4 nitrogen and oxygen atoms in total. The third-order valence-corrected chi connectivity index (χ3v) is 3.91. The van der Waals surface area contributed by atoms with Gasteiger partial charge in [-0.15, -0.1) is 0 Å². The van der Waals surface area contributed by atoms with Crippen LogP contribution in [0.15, 0.2) is 54.7 Å². The number of aliphatic hydroxyl groups is 1. The van der Waals surface area contributed by atoms with Gasteiger partial charge in [0.15, 0.2) is 0 Å². The fourth-order valence-corrected chi connectivity index (χ4v) is 2.61. The minimum Gasteiger partial charge on any atom is -0.394 e. The molecule has 0 saturated carbocycles. The molecule has 0 aliphatic carbocycles. The first-order valence-corrected chi connectivity index (χ1v) is 7.36. The Labute approximate surface area is 139 Å². The molecular weight excluding hydrogens is 310 g/mol. The van der Waals surface area contributed by atoms with Gasteiger partial charge in [-0.1, -0.05) is 35.9 Å². The van der Waals surface area contributed by atoms with Crippen LogP contribution in [0.3, 0.4) is 0 Å². The zero-order chi connectivity index (χ0) is 16.4. The average Bonchev–Trinajstić information content (AvgIpc) is 2.92. The Hall–Kier alpha value is -2.74. The lowest BCUT2D eigenvalue weighted by atomic mass is 10.1. The number of nitrogen functional groups attached to an aromatic ring is 1. The molecule has 3 rings (SSSR count). The Bertz CT molecular complexity index is 892. The first-order chi connectivity index (χ1) is 11.1. The quantitative estimate of drug-likeness (QED) is 0.701. The van der Waals surface area contributed by atoms with Crippen LogP contribution in [0, 0.1) is 6.57 Å². The summed E-state index contributed by atoms with van der Waals surface area (Å²) in [5, 5.41) is 9.93. The van der Waals surface area contributed by atoms with Crippen molar-refractivity contribution < 1.29 is 5.11 Å². The van der Waals surface area contributed by atoms with Gasteiger partial charge >= 0.3 is 0 Å². The number of aromatic nitrogens is 1. The van der Waals surface area contributed by atoms with E-state index in [1.165, 1.54) is 0 Å². The number of rotatable bonds is 3. The van der Waals surface area contributed by atoms with E-state index < -0.39 is 0 Å². The predicted molar refractivity (Wildman–Crippen MR) is 92.8 cm³/mol. The molecule has 0 amide bonds. The highest BCUT2D eigenvalue weighted by Gasteiger charge is 2.16. The molecule has 0 aliphatic heterocycles. The monoisotopic (exact) mass is 323 g/mol. The molecule has 3 aromatic rings. The highest BCUT2D eigenvalue weighted by Crippen LogP contribution is 2.39. The van der Waals surface area contributed by atoms with E-state index in [4.69, 9.17) is 23.9 Å². The molecule has 1 heterocycles. The number of aliphatic hydroxyl groups excluding tert-OH is 1. The summed E-state index contributed by atoms with van der Waals surface area (Å²) in [4.78, 5) is 3.58. The van der Waals surface area contributed by atoms with Gasteiger partial charge in [-0.3, -0.25) is 0 Å². The standard InChI is InChI=1S/C18H14ClN3O/c1-21-17-16(13-5-7-14(19)8-6-13)10-22(18(17)20)15-4-2-3-12(9-15)11-23/h2-10,23H,11,20H2. The Kier molecular flexibility index (Phi) is 4.07. The fraction of sp³-hybridized carbons (Fsp3) is 0.0556. The minimum atomic E-state index is -0.0469. The summed E-state index contributed by atoms with van der Waals surface area (Å²) >= 11 is 5.92. The largest absolute Gasteiger partial charge is 0.394 e. The second-order valence-electron chi connectivity index (χ2n) is 5.09. The van der Waals surface area contributed by atoms with Crippen LogP contribution in [0.1, 0.15) is 5.56 Å². The maximum absolute atomic E-state index is 9.29. The number of hydrogen-bond acceptors (Lipinski definition) is 2. The second-order valence-corrected chi connectivity index (χ2v) is 5.53. The van der Waals surface area contributed by atoms with Crippen LogP contribution in [0.2, 0.25) is 5.02 Å². The summed E-state index contributed by atoms with van der Waals surface area (Å²) < 4.78 is 1.76. The van der Waals surface area contributed by atoms with Crippen LogP contribution in [0.25, 0.3) is 21.7 Å². The summed E-state index contributed by atoms with van der Waals surface area (Å²) in [5.41, 5.74) is 9.79. The zero-order valence-electron chi connectivity index (χ0n) is 12.2. The molecule has 0 atom stereocenters. The van der Waals surface area contributed by atoms with E-state index >= 15 is 0 Å². The van der Waals surface area contributed by atoms with E-state index in [1.807, 2.05) is 42.6 Å². The highest BCUT2D eigenvalue weighted by atomic mass is 35.5. The van der Waals surface area contributed by atoms with E-state index in [9.17, 15) is 5.11 Å². The molecule has 0 saturated heterocycles. The van der Waals surface area contributed by atoms with Crippen LogP contribution in [0.5, 0.6) is 0 Å². The lowest BCUT2D eigenvalue weighted by molar-refractivity contribution is 0.282. The summed E-state index contributed by atoms with van der Waals surface area (Å²) in [5.74, 6) is 0.375. The second kappa shape index (κ2) is 6.17. The van der Waals surface area contributed by atoms with Crippen LogP contribution < -0.4 is 5.73 Å². The molecule has 0 aliphatic rings. The number of anilines is 1. The molecule has 2 aromatic carbocycles. The number of nitrogens with two attached hydrogens (primary N) is 1. The molecule has 114 valence electrons. The average molecular weight is 324 g/mol. The smallest absolute Gasteiger partial charge is 0.235 e. The van der Waals surface area contributed by atoms with Crippen molar-refractivity contribution in [2.24, 2.45) is 0 Å². The maximum atomic E-state index is 9.29. The van der Waals surface area contributed by atoms with E-state index in [2.05, 4.69) is 4.85 Å². The van der Waals surface area contributed by atoms with Crippen molar-refractivity contribution in [1.82, 2.24) is 4.57 Å². The Morgan fingerprint density at radius 1 is 1.17 bits per heavy atom. The van der Waals surface area contributed by atoms with Crippen molar-refractivity contribution in [2.45, 2.75) is 6.61 Å². The van der Waals surface area contributed by atoms with E-state index in [0.29, 0.717) is 16.5 Å². The van der Waals surface area contributed by atoms with Crippen molar-refractivity contribution in [3.63, 3.8) is 0 Å². The van der Waals surface area contributed by atoms with Gasteiger partial charge < -0.3 is 15.4 Å². The van der Waals surface area contributed by atoms with Gasteiger partial charge in [-0.05, 0) is 35.4 Å². The SMILES string of the molecule is [C-]#[N+]c1c(-c2ccc(Cl)cc2)cn(-c2cccc(CO)c2)c1N.